The Morgan fingerprint density at radius 3 is 2.74 bits per heavy atom. The number of rotatable bonds is 3. The summed E-state index contributed by atoms with van der Waals surface area (Å²) >= 11 is 0. The molecular formula is C16H20ClN3O3. The van der Waals surface area contributed by atoms with E-state index < -0.39 is 0 Å². The lowest BCUT2D eigenvalue weighted by Gasteiger charge is -2.25. The molecule has 0 bridgehead atoms. The Kier molecular flexibility index (Phi) is 5.74. The van der Waals surface area contributed by atoms with Gasteiger partial charge in [-0.1, -0.05) is 17.3 Å². The first-order valence-electron chi connectivity index (χ1n) is 7.43. The summed E-state index contributed by atoms with van der Waals surface area (Å²) in [4.78, 5) is 15.9. The molecule has 2 aromatic rings. The highest BCUT2D eigenvalue weighted by molar-refractivity contribution is 5.89. The Hall–Kier alpha value is -1.92. The average Bonchev–Trinajstić information content (AvgIpc) is 3.04. The summed E-state index contributed by atoms with van der Waals surface area (Å²) < 4.78 is 10.1. The molecule has 1 aliphatic heterocycles. The molecule has 2 atom stereocenters. The highest BCUT2D eigenvalue weighted by Crippen LogP contribution is 2.28. The summed E-state index contributed by atoms with van der Waals surface area (Å²) in [7, 11) is 1.36. The molecule has 1 aromatic carbocycles. The van der Waals surface area contributed by atoms with Gasteiger partial charge < -0.3 is 14.6 Å². The van der Waals surface area contributed by atoms with Crippen molar-refractivity contribution in [3.63, 3.8) is 0 Å². The number of hydrogen-bond acceptors (Lipinski definition) is 6. The quantitative estimate of drug-likeness (QED) is 0.868. The van der Waals surface area contributed by atoms with Crippen molar-refractivity contribution < 1.29 is 14.1 Å². The topological polar surface area (TPSA) is 77.2 Å². The van der Waals surface area contributed by atoms with Crippen molar-refractivity contribution >= 4 is 18.4 Å². The minimum absolute atomic E-state index is 0. The molecule has 0 spiro atoms. The standard InChI is InChI=1S/C16H19N3O3.ClH/c1-10-9-13(7-8-17-10)15-18-14(19-22-15)11-3-5-12(6-4-11)16(20)21-2;/h3-6,10,13,17H,7-9H2,1-2H3;1H/t10-,13-;/m0./s1. The number of piperidine rings is 1. The summed E-state index contributed by atoms with van der Waals surface area (Å²) in [5.41, 5.74) is 1.33. The van der Waals surface area contributed by atoms with Crippen LogP contribution in [-0.4, -0.2) is 35.8 Å². The average molecular weight is 338 g/mol. The van der Waals surface area contributed by atoms with Crippen LogP contribution in [0.2, 0.25) is 0 Å². The molecule has 0 saturated carbocycles. The normalized spacial score (nSPS) is 20.6. The van der Waals surface area contributed by atoms with Crippen LogP contribution in [0.25, 0.3) is 11.4 Å². The van der Waals surface area contributed by atoms with Gasteiger partial charge in [-0.25, -0.2) is 4.79 Å². The first-order chi connectivity index (χ1) is 10.7. The van der Waals surface area contributed by atoms with E-state index in [0.717, 1.165) is 24.9 Å². The summed E-state index contributed by atoms with van der Waals surface area (Å²) in [5, 5.41) is 7.47. The van der Waals surface area contributed by atoms with Crippen LogP contribution in [0.3, 0.4) is 0 Å². The molecule has 1 saturated heterocycles. The van der Waals surface area contributed by atoms with Gasteiger partial charge in [-0.3, -0.25) is 0 Å². The highest BCUT2D eigenvalue weighted by Gasteiger charge is 2.25. The monoisotopic (exact) mass is 337 g/mol. The van der Waals surface area contributed by atoms with Crippen molar-refractivity contribution in [1.29, 1.82) is 0 Å². The summed E-state index contributed by atoms with van der Waals surface area (Å²) in [5.74, 6) is 1.20. The number of carbonyl (C=O) groups excluding carboxylic acids is 1. The van der Waals surface area contributed by atoms with Gasteiger partial charge in [0.05, 0.1) is 12.7 Å². The minimum Gasteiger partial charge on any atom is -0.465 e. The molecule has 2 heterocycles. The zero-order valence-corrected chi connectivity index (χ0v) is 13.9. The lowest BCUT2D eigenvalue weighted by molar-refractivity contribution is 0.0601. The third-order valence-corrected chi connectivity index (χ3v) is 3.98. The SMILES string of the molecule is COC(=O)c1ccc(-c2noc([C@H]3CCN[C@@H](C)C3)n2)cc1.Cl. The predicted octanol–water partition coefficient (Wildman–Crippen LogP) is 2.80. The fraction of sp³-hybridized carbons (Fsp3) is 0.438. The first-order valence-corrected chi connectivity index (χ1v) is 7.43. The molecule has 23 heavy (non-hydrogen) atoms. The zero-order valence-electron chi connectivity index (χ0n) is 13.1. The van der Waals surface area contributed by atoms with Crippen LogP contribution in [0, 0.1) is 0 Å². The van der Waals surface area contributed by atoms with Gasteiger partial charge in [-0.2, -0.15) is 4.98 Å². The van der Waals surface area contributed by atoms with E-state index >= 15 is 0 Å². The number of ether oxygens (including phenoxy) is 1. The van der Waals surface area contributed by atoms with Crippen LogP contribution < -0.4 is 5.32 Å². The van der Waals surface area contributed by atoms with Crippen molar-refractivity contribution in [2.24, 2.45) is 0 Å². The van der Waals surface area contributed by atoms with Gasteiger partial charge in [0.15, 0.2) is 0 Å². The maximum atomic E-state index is 11.4. The van der Waals surface area contributed by atoms with Crippen molar-refractivity contribution in [2.75, 3.05) is 13.7 Å². The lowest BCUT2D eigenvalue weighted by atomic mass is 9.93. The molecule has 1 N–H and O–H groups in total. The van der Waals surface area contributed by atoms with Gasteiger partial charge in [-0.05, 0) is 38.4 Å². The van der Waals surface area contributed by atoms with Gasteiger partial charge in [0, 0.05) is 17.5 Å². The van der Waals surface area contributed by atoms with Gasteiger partial charge >= 0.3 is 5.97 Å². The molecule has 1 fully saturated rings. The zero-order chi connectivity index (χ0) is 15.5. The fourth-order valence-corrected chi connectivity index (χ4v) is 2.75. The number of methoxy groups -OCH3 is 1. The Morgan fingerprint density at radius 1 is 1.35 bits per heavy atom. The van der Waals surface area contributed by atoms with E-state index in [1.54, 1.807) is 24.3 Å². The molecule has 0 radical (unpaired) electrons. The second-order valence-electron chi connectivity index (χ2n) is 5.60. The summed E-state index contributed by atoms with van der Waals surface area (Å²) in [6.07, 6.45) is 2.01. The predicted molar refractivity (Wildman–Crippen MR) is 87.8 cm³/mol. The molecule has 1 aromatic heterocycles. The third kappa shape index (κ3) is 3.89. The smallest absolute Gasteiger partial charge is 0.337 e. The summed E-state index contributed by atoms with van der Waals surface area (Å²) in [6, 6.07) is 7.46. The molecule has 0 amide bonds. The Bertz CT molecular complexity index is 657. The van der Waals surface area contributed by atoms with E-state index in [2.05, 4.69) is 27.1 Å². The maximum Gasteiger partial charge on any atom is 0.337 e. The molecule has 6 nitrogen and oxygen atoms in total. The number of esters is 1. The van der Waals surface area contributed by atoms with E-state index in [-0.39, 0.29) is 18.4 Å². The molecule has 0 aliphatic carbocycles. The molecule has 3 rings (SSSR count). The minimum atomic E-state index is -0.357. The Morgan fingerprint density at radius 2 is 2.09 bits per heavy atom. The Balaban J connectivity index is 0.00000192. The van der Waals surface area contributed by atoms with Crippen LogP contribution in [0.15, 0.2) is 28.8 Å². The van der Waals surface area contributed by atoms with Gasteiger partial charge in [0.2, 0.25) is 11.7 Å². The number of nitrogens with one attached hydrogen (secondary N) is 1. The molecule has 1 aliphatic rings. The van der Waals surface area contributed by atoms with E-state index in [0.29, 0.717) is 29.2 Å². The van der Waals surface area contributed by atoms with Gasteiger partial charge in [0.25, 0.3) is 0 Å². The first kappa shape index (κ1) is 17.4. The van der Waals surface area contributed by atoms with E-state index in [1.165, 1.54) is 7.11 Å². The number of hydrogen-bond donors (Lipinski definition) is 1. The number of carbonyl (C=O) groups is 1. The van der Waals surface area contributed by atoms with Crippen molar-refractivity contribution in [1.82, 2.24) is 15.5 Å². The van der Waals surface area contributed by atoms with Crippen LogP contribution in [0.1, 0.15) is 41.9 Å². The third-order valence-electron chi connectivity index (χ3n) is 3.98. The van der Waals surface area contributed by atoms with Crippen molar-refractivity contribution in [3.8, 4) is 11.4 Å². The van der Waals surface area contributed by atoms with Gasteiger partial charge in [-0.15, -0.1) is 12.4 Å². The largest absolute Gasteiger partial charge is 0.465 e. The number of nitrogens with zero attached hydrogens (tertiary/aromatic N) is 2. The van der Waals surface area contributed by atoms with E-state index in [4.69, 9.17) is 4.52 Å². The number of halogens is 1. The molecule has 124 valence electrons. The Labute approximate surface area is 141 Å². The molecule has 0 unspecified atom stereocenters. The lowest BCUT2D eigenvalue weighted by Crippen LogP contribution is -2.34. The maximum absolute atomic E-state index is 11.4. The molecular weight excluding hydrogens is 318 g/mol. The van der Waals surface area contributed by atoms with Crippen LogP contribution in [0.4, 0.5) is 0 Å². The van der Waals surface area contributed by atoms with Crippen LogP contribution in [0.5, 0.6) is 0 Å². The number of aromatic nitrogens is 2. The second-order valence-corrected chi connectivity index (χ2v) is 5.60. The second kappa shape index (κ2) is 7.57. The summed E-state index contributed by atoms with van der Waals surface area (Å²) in [6.45, 7) is 3.13. The highest BCUT2D eigenvalue weighted by atomic mass is 35.5. The molecule has 7 heteroatoms. The van der Waals surface area contributed by atoms with E-state index in [1.807, 2.05) is 0 Å². The van der Waals surface area contributed by atoms with Gasteiger partial charge in [0.1, 0.15) is 0 Å². The fourth-order valence-electron chi connectivity index (χ4n) is 2.75. The van der Waals surface area contributed by atoms with Crippen LogP contribution in [-0.2, 0) is 4.74 Å². The van der Waals surface area contributed by atoms with Crippen LogP contribution >= 0.6 is 12.4 Å². The van der Waals surface area contributed by atoms with E-state index in [9.17, 15) is 4.79 Å². The number of benzene rings is 1. The van der Waals surface area contributed by atoms with Crippen molar-refractivity contribution in [2.45, 2.75) is 31.7 Å². The van der Waals surface area contributed by atoms with Crippen molar-refractivity contribution in [3.05, 3.63) is 35.7 Å².